The highest BCUT2D eigenvalue weighted by Gasteiger charge is 2.19. The molecule has 2 amide bonds. The Bertz CT molecular complexity index is 826. The van der Waals surface area contributed by atoms with Gasteiger partial charge < -0.3 is 14.8 Å². The SMILES string of the molecule is CC(C)(C)OC(=O)NCCOc1ccsc1C(=O)Nc1ncc([N+](=O)[O-])s1. The van der Waals surface area contributed by atoms with E-state index in [1.165, 1.54) is 0 Å². The van der Waals surface area contributed by atoms with Crippen LogP contribution in [-0.4, -0.2) is 40.7 Å². The molecule has 2 heterocycles. The Morgan fingerprint density at radius 2 is 2.11 bits per heavy atom. The van der Waals surface area contributed by atoms with E-state index >= 15 is 0 Å². The van der Waals surface area contributed by atoms with Gasteiger partial charge in [0.15, 0.2) is 5.13 Å². The van der Waals surface area contributed by atoms with Crippen LogP contribution in [0.3, 0.4) is 0 Å². The highest BCUT2D eigenvalue weighted by molar-refractivity contribution is 7.19. The van der Waals surface area contributed by atoms with Gasteiger partial charge >= 0.3 is 11.1 Å². The topological polar surface area (TPSA) is 133 Å². The number of anilines is 1. The van der Waals surface area contributed by atoms with Crippen LogP contribution in [0.15, 0.2) is 17.6 Å². The average molecular weight is 414 g/mol. The molecule has 2 aromatic rings. The van der Waals surface area contributed by atoms with Crippen LogP contribution >= 0.6 is 22.7 Å². The summed E-state index contributed by atoms with van der Waals surface area (Å²) < 4.78 is 10.6. The van der Waals surface area contributed by atoms with Gasteiger partial charge in [0, 0.05) is 0 Å². The van der Waals surface area contributed by atoms with E-state index in [2.05, 4.69) is 15.6 Å². The smallest absolute Gasteiger partial charge is 0.407 e. The monoisotopic (exact) mass is 414 g/mol. The lowest BCUT2D eigenvalue weighted by Gasteiger charge is -2.19. The zero-order valence-corrected chi connectivity index (χ0v) is 16.4. The lowest BCUT2D eigenvalue weighted by Crippen LogP contribution is -2.34. The second-order valence-electron chi connectivity index (χ2n) is 6.11. The third kappa shape index (κ3) is 6.49. The number of thiophene rings is 1. The van der Waals surface area contributed by atoms with E-state index in [-0.39, 0.29) is 23.3 Å². The van der Waals surface area contributed by atoms with Gasteiger partial charge in [-0.05, 0) is 43.6 Å². The Hall–Kier alpha value is -2.73. The van der Waals surface area contributed by atoms with Crippen LogP contribution in [0.2, 0.25) is 0 Å². The molecule has 0 aliphatic rings. The van der Waals surface area contributed by atoms with Gasteiger partial charge in [-0.2, -0.15) is 0 Å². The van der Waals surface area contributed by atoms with Gasteiger partial charge in [-0.15, -0.1) is 11.3 Å². The molecular formula is C15H18N4O6S2. The van der Waals surface area contributed by atoms with Gasteiger partial charge in [0.05, 0.1) is 11.5 Å². The van der Waals surface area contributed by atoms with E-state index < -0.39 is 22.5 Å². The number of nitrogens with one attached hydrogen (secondary N) is 2. The first-order chi connectivity index (χ1) is 12.7. The van der Waals surface area contributed by atoms with Crippen molar-refractivity contribution < 1.29 is 24.0 Å². The van der Waals surface area contributed by atoms with Crippen LogP contribution in [0.5, 0.6) is 5.75 Å². The van der Waals surface area contributed by atoms with Crippen LogP contribution in [-0.2, 0) is 4.74 Å². The molecule has 0 spiro atoms. The predicted molar refractivity (Wildman–Crippen MR) is 101 cm³/mol. The first-order valence-electron chi connectivity index (χ1n) is 7.74. The Morgan fingerprint density at radius 1 is 1.37 bits per heavy atom. The summed E-state index contributed by atoms with van der Waals surface area (Å²) in [5.41, 5.74) is -0.589. The van der Waals surface area contributed by atoms with Crippen LogP contribution < -0.4 is 15.4 Å². The molecule has 12 heteroatoms. The van der Waals surface area contributed by atoms with Crippen molar-refractivity contribution >= 4 is 44.8 Å². The molecule has 0 radical (unpaired) electrons. The molecule has 10 nitrogen and oxygen atoms in total. The third-order valence-electron chi connectivity index (χ3n) is 2.76. The van der Waals surface area contributed by atoms with Gasteiger partial charge in [-0.25, -0.2) is 9.78 Å². The van der Waals surface area contributed by atoms with Crippen molar-refractivity contribution in [1.29, 1.82) is 0 Å². The van der Waals surface area contributed by atoms with E-state index in [0.29, 0.717) is 10.6 Å². The van der Waals surface area contributed by atoms with Gasteiger partial charge in [0.2, 0.25) is 0 Å². The number of nitrogens with zero attached hydrogens (tertiary/aromatic N) is 2. The first-order valence-corrected chi connectivity index (χ1v) is 9.44. The molecule has 0 aromatic carbocycles. The van der Waals surface area contributed by atoms with Crippen molar-refractivity contribution in [2.75, 3.05) is 18.5 Å². The van der Waals surface area contributed by atoms with Gasteiger partial charge in [0.25, 0.3) is 5.91 Å². The second kappa shape index (κ2) is 8.77. The van der Waals surface area contributed by atoms with Crippen molar-refractivity contribution in [2.24, 2.45) is 0 Å². The number of rotatable bonds is 7. The van der Waals surface area contributed by atoms with E-state index in [1.807, 2.05) is 0 Å². The minimum Gasteiger partial charge on any atom is -0.490 e. The molecule has 0 bridgehead atoms. The summed E-state index contributed by atoms with van der Waals surface area (Å²) >= 11 is 1.92. The Balaban J connectivity index is 1.84. The molecule has 0 aliphatic heterocycles. The summed E-state index contributed by atoms with van der Waals surface area (Å²) in [4.78, 5) is 38.0. The van der Waals surface area contributed by atoms with Crippen molar-refractivity contribution in [3.63, 3.8) is 0 Å². The molecule has 0 fully saturated rings. The van der Waals surface area contributed by atoms with E-state index in [0.717, 1.165) is 28.9 Å². The van der Waals surface area contributed by atoms with Crippen molar-refractivity contribution in [3.05, 3.63) is 32.6 Å². The minimum absolute atomic E-state index is 0.123. The standard InChI is InChI=1S/C15H18N4O6S2/c1-15(2,3)25-14(21)16-5-6-24-9-4-7-26-11(9)12(20)18-13-17-8-10(27-13)19(22)23/h4,7-8H,5-6H2,1-3H3,(H,16,21)(H,17,18,20). The highest BCUT2D eigenvalue weighted by atomic mass is 32.1. The van der Waals surface area contributed by atoms with E-state index in [1.54, 1.807) is 32.2 Å². The number of hydrogen-bond donors (Lipinski definition) is 2. The minimum atomic E-state index is -0.589. The fraction of sp³-hybridized carbons (Fsp3) is 0.400. The van der Waals surface area contributed by atoms with Crippen LogP contribution in [0.1, 0.15) is 30.4 Å². The van der Waals surface area contributed by atoms with E-state index in [4.69, 9.17) is 9.47 Å². The molecule has 0 saturated heterocycles. The lowest BCUT2D eigenvalue weighted by molar-refractivity contribution is -0.380. The molecule has 146 valence electrons. The maximum atomic E-state index is 12.3. The molecule has 2 aromatic heterocycles. The molecule has 27 heavy (non-hydrogen) atoms. The quantitative estimate of drug-likeness (QED) is 0.403. The maximum absolute atomic E-state index is 12.3. The van der Waals surface area contributed by atoms with E-state index in [9.17, 15) is 19.7 Å². The van der Waals surface area contributed by atoms with Gasteiger partial charge in [-0.3, -0.25) is 20.2 Å². The number of carbonyl (C=O) groups is 2. The van der Waals surface area contributed by atoms with Gasteiger partial charge in [0.1, 0.15) is 29.0 Å². The number of thiazole rings is 1. The fourth-order valence-electron chi connectivity index (χ4n) is 1.77. The number of aromatic nitrogens is 1. The van der Waals surface area contributed by atoms with Crippen molar-refractivity contribution in [3.8, 4) is 5.75 Å². The Morgan fingerprint density at radius 3 is 2.74 bits per heavy atom. The van der Waals surface area contributed by atoms with Crippen molar-refractivity contribution in [1.82, 2.24) is 10.3 Å². The second-order valence-corrected chi connectivity index (χ2v) is 8.03. The summed E-state index contributed by atoms with van der Waals surface area (Å²) in [6, 6.07) is 1.62. The maximum Gasteiger partial charge on any atom is 0.407 e. The van der Waals surface area contributed by atoms with Crippen LogP contribution in [0.4, 0.5) is 14.9 Å². The Labute approximate surface area is 162 Å². The molecule has 0 aliphatic carbocycles. The van der Waals surface area contributed by atoms with Crippen molar-refractivity contribution in [2.45, 2.75) is 26.4 Å². The first kappa shape index (κ1) is 20.6. The number of alkyl carbamates (subject to hydrolysis) is 1. The third-order valence-corrected chi connectivity index (χ3v) is 4.52. The number of hydrogen-bond acceptors (Lipinski definition) is 9. The largest absolute Gasteiger partial charge is 0.490 e. The molecule has 0 saturated carbocycles. The molecular weight excluding hydrogens is 396 g/mol. The number of ether oxygens (including phenoxy) is 2. The summed E-state index contributed by atoms with van der Waals surface area (Å²) in [7, 11) is 0. The molecule has 2 N–H and O–H groups in total. The zero-order chi connectivity index (χ0) is 20.0. The summed E-state index contributed by atoms with van der Waals surface area (Å²) in [6.07, 6.45) is 0.522. The number of nitro groups is 1. The lowest BCUT2D eigenvalue weighted by atomic mass is 10.2. The van der Waals surface area contributed by atoms with Crippen LogP contribution in [0.25, 0.3) is 0 Å². The molecule has 0 unspecified atom stereocenters. The Kier molecular flexibility index (Phi) is 6.69. The van der Waals surface area contributed by atoms with Gasteiger partial charge in [-0.1, -0.05) is 0 Å². The zero-order valence-electron chi connectivity index (χ0n) is 14.8. The molecule has 2 rings (SSSR count). The predicted octanol–water partition coefficient (Wildman–Crippen LogP) is 3.27. The summed E-state index contributed by atoms with van der Waals surface area (Å²) in [6.45, 7) is 5.62. The normalized spacial score (nSPS) is 10.9. The number of carbonyl (C=O) groups excluding carboxylic acids is 2. The average Bonchev–Trinajstić information content (AvgIpc) is 3.18. The fourth-order valence-corrected chi connectivity index (χ4v) is 3.12. The highest BCUT2D eigenvalue weighted by Crippen LogP contribution is 2.29. The molecule has 0 atom stereocenters. The summed E-state index contributed by atoms with van der Waals surface area (Å²) in [5.74, 6) is -0.140. The summed E-state index contributed by atoms with van der Waals surface area (Å²) in [5, 5.41) is 17.3. The van der Waals surface area contributed by atoms with Crippen LogP contribution in [0, 0.1) is 10.1 Å². The number of amides is 2.